The second-order valence-electron chi connectivity index (χ2n) is 8.65. The lowest BCUT2D eigenvalue weighted by molar-refractivity contribution is -0.133. The Morgan fingerprint density at radius 3 is 2.81 bits per heavy atom. The van der Waals surface area contributed by atoms with Crippen molar-refractivity contribution in [3.63, 3.8) is 0 Å². The maximum Gasteiger partial charge on any atom is 0.340 e. The fraction of sp³-hybridized carbons (Fsp3) is 0.375. The molecule has 0 saturated carbocycles. The Morgan fingerprint density at radius 2 is 2.03 bits per heavy atom. The first-order chi connectivity index (χ1) is 15.4. The molecule has 2 bridgehead atoms. The van der Waals surface area contributed by atoms with Crippen LogP contribution in [0.4, 0.5) is 0 Å². The minimum atomic E-state index is -0.526. The standard InChI is InChI=1S/C24H23ClN2O5/c1-13-16-7-18(25)21(31-2)9-20(16)32-24(30)17(13)8-23(29)26-10-14-6-15(12-26)19-4-3-5-22(28)27(19)11-14/h3-5,7,9,14-15H,6,8,10-12H2,1-2H3/t14-,15-/m1/s1. The van der Waals surface area contributed by atoms with Gasteiger partial charge in [-0.15, -0.1) is 0 Å². The monoisotopic (exact) mass is 454 g/mol. The number of ether oxygens (including phenoxy) is 1. The molecule has 1 saturated heterocycles. The Bertz CT molecular complexity index is 1360. The normalized spacial score (nSPS) is 19.7. The van der Waals surface area contributed by atoms with Gasteiger partial charge in [0.05, 0.1) is 24.1 Å². The molecule has 2 aliphatic heterocycles. The number of aromatic nitrogens is 1. The van der Waals surface area contributed by atoms with Crippen molar-refractivity contribution < 1.29 is 13.9 Å². The highest BCUT2D eigenvalue weighted by molar-refractivity contribution is 6.32. The van der Waals surface area contributed by atoms with Crippen LogP contribution in [0.1, 0.15) is 29.2 Å². The van der Waals surface area contributed by atoms with Crippen LogP contribution < -0.4 is 15.9 Å². The predicted octanol–water partition coefficient (Wildman–Crippen LogP) is 3.11. The number of nitrogens with zero attached hydrogens (tertiary/aromatic N) is 2. The summed E-state index contributed by atoms with van der Waals surface area (Å²) in [5, 5.41) is 1.09. The van der Waals surface area contributed by atoms with Crippen LogP contribution in [0.2, 0.25) is 5.02 Å². The minimum Gasteiger partial charge on any atom is -0.495 e. The number of carbonyl (C=O) groups is 1. The highest BCUT2D eigenvalue weighted by Crippen LogP contribution is 2.35. The SMILES string of the molecule is COc1cc2oc(=O)c(CC(=O)N3C[C@H]4C[C@H](C3)c3cccc(=O)n3C4)c(C)c2cc1Cl. The van der Waals surface area contributed by atoms with Crippen molar-refractivity contribution in [2.75, 3.05) is 20.2 Å². The van der Waals surface area contributed by atoms with Crippen LogP contribution in [0.5, 0.6) is 5.75 Å². The van der Waals surface area contributed by atoms with Gasteiger partial charge in [0, 0.05) is 48.8 Å². The first kappa shape index (κ1) is 20.8. The summed E-state index contributed by atoms with van der Waals surface area (Å²) in [6.07, 6.45) is 0.930. The third kappa shape index (κ3) is 3.41. The number of benzene rings is 1. The molecule has 1 aromatic carbocycles. The average Bonchev–Trinajstić information content (AvgIpc) is 2.77. The Morgan fingerprint density at radius 1 is 1.22 bits per heavy atom. The number of carbonyl (C=O) groups excluding carboxylic acids is 1. The fourth-order valence-corrected chi connectivity index (χ4v) is 5.35. The zero-order valence-corrected chi connectivity index (χ0v) is 18.6. The van der Waals surface area contributed by atoms with Crippen molar-refractivity contribution >= 4 is 28.5 Å². The van der Waals surface area contributed by atoms with Gasteiger partial charge < -0.3 is 18.6 Å². The van der Waals surface area contributed by atoms with E-state index < -0.39 is 5.63 Å². The Balaban J connectivity index is 1.43. The zero-order valence-electron chi connectivity index (χ0n) is 17.9. The number of rotatable bonds is 3. The lowest BCUT2D eigenvalue weighted by Gasteiger charge is -2.42. The molecule has 32 heavy (non-hydrogen) atoms. The fourth-order valence-electron chi connectivity index (χ4n) is 5.11. The summed E-state index contributed by atoms with van der Waals surface area (Å²) in [6.45, 7) is 3.54. The summed E-state index contributed by atoms with van der Waals surface area (Å²) < 4.78 is 12.5. The summed E-state index contributed by atoms with van der Waals surface area (Å²) in [5.41, 5.74) is 1.87. The molecule has 2 aromatic heterocycles. The number of hydrogen-bond donors (Lipinski definition) is 0. The number of likely N-dealkylation sites (tertiary alicyclic amines) is 1. The molecular formula is C24H23ClN2O5. The molecule has 5 rings (SSSR count). The van der Waals surface area contributed by atoms with Gasteiger partial charge in [0.15, 0.2) is 0 Å². The molecule has 0 radical (unpaired) electrons. The second kappa shape index (κ2) is 7.81. The first-order valence-corrected chi connectivity index (χ1v) is 11.0. The summed E-state index contributed by atoms with van der Waals surface area (Å²) in [4.78, 5) is 40.0. The quantitative estimate of drug-likeness (QED) is 0.568. The lowest BCUT2D eigenvalue weighted by Crippen LogP contribution is -2.49. The highest BCUT2D eigenvalue weighted by Gasteiger charge is 2.36. The largest absolute Gasteiger partial charge is 0.495 e. The van der Waals surface area contributed by atoms with E-state index in [1.165, 1.54) is 7.11 Å². The zero-order chi connectivity index (χ0) is 22.6. The third-order valence-corrected chi connectivity index (χ3v) is 7.02. The van der Waals surface area contributed by atoms with Crippen LogP contribution >= 0.6 is 11.6 Å². The van der Waals surface area contributed by atoms with Gasteiger partial charge in [-0.05, 0) is 37.0 Å². The van der Waals surface area contributed by atoms with Gasteiger partial charge in [-0.1, -0.05) is 17.7 Å². The number of amides is 1. The van der Waals surface area contributed by atoms with Gasteiger partial charge in [-0.3, -0.25) is 9.59 Å². The van der Waals surface area contributed by atoms with Crippen LogP contribution in [0, 0.1) is 12.8 Å². The number of pyridine rings is 1. The summed E-state index contributed by atoms with van der Waals surface area (Å²) in [7, 11) is 1.49. The molecule has 0 unspecified atom stereocenters. The number of hydrogen-bond acceptors (Lipinski definition) is 5. The number of piperidine rings is 1. The van der Waals surface area contributed by atoms with E-state index in [9.17, 15) is 14.4 Å². The summed E-state index contributed by atoms with van der Waals surface area (Å²) >= 11 is 6.26. The van der Waals surface area contributed by atoms with Gasteiger partial charge in [0.2, 0.25) is 5.91 Å². The molecule has 1 fully saturated rings. The van der Waals surface area contributed by atoms with Crippen molar-refractivity contribution in [3.05, 3.63) is 72.9 Å². The maximum absolute atomic E-state index is 13.2. The molecular weight excluding hydrogens is 432 g/mol. The van der Waals surface area contributed by atoms with Gasteiger partial charge >= 0.3 is 5.63 Å². The van der Waals surface area contributed by atoms with Crippen molar-refractivity contribution in [2.45, 2.75) is 32.2 Å². The molecule has 8 heteroatoms. The van der Waals surface area contributed by atoms with E-state index in [4.69, 9.17) is 20.8 Å². The first-order valence-electron chi connectivity index (χ1n) is 10.6. The van der Waals surface area contributed by atoms with E-state index in [0.717, 1.165) is 12.1 Å². The van der Waals surface area contributed by atoms with Crippen molar-refractivity contribution in [1.82, 2.24) is 9.47 Å². The minimum absolute atomic E-state index is 0.0108. The number of fused-ring (bicyclic) bond motifs is 5. The molecule has 2 aliphatic rings. The third-order valence-electron chi connectivity index (χ3n) is 6.72. The van der Waals surface area contributed by atoms with Gasteiger partial charge in [-0.25, -0.2) is 4.79 Å². The topological polar surface area (TPSA) is 81.8 Å². The molecule has 0 N–H and O–H groups in total. The second-order valence-corrected chi connectivity index (χ2v) is 9.06. The highest BCUT2D eigenvalue weighted by atomic mass is 35.5. The Labute approximate surface area is 189 Å². The Kier molecular flexibility index (Phi) is 5.08. The Hall–Kier alpha value is -3.06. The summed E-state index contributed by atoms with van der Waals surface area (Å²) in [6, 6.07) is 8.61. The molecule has 0 spiro atoms. The molecule has 3 aromatic rings. The van der Waals surface area contributed by atoms with Gasteiger partial charge in [0.1, 0.15) is 11.3 Å². The van der Waals surface area contributed by atoms with E-state index in [2.05, 4.69) is 0 Å². The smallest absolute Gasteiger partial charge is 0.340 e. The number of methoxy groups -OCH3 is 1. The predicted molar refractivity (Wildman–Crippen MR) is 121 cm³/mol. The van der Waals surface area contributed by atoms with Crippen LogP contribution in [0.25, 0.3) is 11.0 Å². The molecule has 166 valence electrons. The van der Waals surface area contributed by atoms with E-state index in [1.807, 2.05) is 15.5 Å². The lowest BCUT2D eigenvalue weighted by atomic mass is 9.83. The van der Waals surface area contributed by atoms with E-state index in [-0.39, 0.29) is 29.7 Å². The van der Waals surface area contributed by atoms with E-state index in [1.54, 1.807) is 31.2 Å². The van der Waals surface area contributed by atoms with Gasteiger partial charge in [0.25, 0.3) is 5.56 Å². The molecule has 4 heterocycles. The van der Waals surface area contributed by atoms with Crippen molar-refractivity contribution in [2.24, 2.45) is 5.92 Å². The summed E-state index contributed by atoms with van der Waals surface area (Å²) in [5.74, 6) is 0.664. The molecule has 1 amide bonds. The van der Waals surface area contributed by atoms with Crippen LogP contribution in [0.15, 0.2) is 44.3 Å². The molecule has 7 nitrogen and oxygen atoms in total. The van der Waals surface area contributed by atoms with Crippen LogP contribution in [-0.4, -0.2) is 35.6 Å². The van der Waals surface area contributed by atoms with Crippen LogP contribution in [0.3, 0.4) is 0 Å². The maximum atomic E-state index is 13.2. The van der Waals surface area contributed by atoms with Crippen LogP contribution in [-0.2, 0) is 17.8 Å². The number of halogens is 1. The number of aryl methyl sites for hydroxylation is 1. The average molecular weight is 455 g/mol. The molecule has 2 atom stereocenters. The van der Waals surface area contributed by atoms with E-state index >= 15 is 0 Å². The van der Waals surface area contributed by atoms with E-state index in [0.29, 0.717) is 52.5 Å². The molecule has 0 aliphatic carbocycles. The van der Waals surface area contributed by atoms with Crippen molar-refractivity contribution in [1.29, 1.82) is 0 Å². The van der Waals surface area contributed by atoms with Gasteiger partial charge in [-0.2, -0.15) is 0 Å². The van der Waals surface area contributed by atoms with Crippen molar-refractivity contribution in [3.8, 4) is 5.75 Å².